The molecule has 0 aliphatic rings. The van der Waals surface area contributed by atoms with Crippen molar-refractivity contribution in [2.24, 2.45) is 7.05 Å². The summed E-state index contributed by atoms with van der Waals surface area (Å²) in [7, 11) is 1.90. The zero-order chi connectivity index (χ0) is 23.8. The van der Waals surface area contributed by atoms with E-state index in [1.807, 2.05) is 29.9 Å². The molecular weight excluding hydrogens is 426 g/mol. The van der Waals surface area contributed by atoms with Crippen LogP contribution in [0.2, 0.25) is 0 Å². The standard InChI is InChI=1S/C23H25N5O5/c1-3-12-26(23(30)24-18-8-10-19(11-9-18)28(31)32)17-22(29)27(16-21-7-5-14-33-21)15-20-6-4-13-25(20)2/h3-11,13-14H,1,12,15-17H2,2H3,(H,24,30). The molecule has 0 saturated carbocycles. The fourth-order valence-corrected chi connectivity index (χ4v) is 3.19. The van der Waals surface area contributed by atoms with E-state index in [0.717, 1.165) is 5.69 Å². The number of non-ortho nitro benzene ring substituents is 1. The van der Waals surface area contributed by atoms with Gasteiger partial charge < -0.3 is 24.1 Å². The van der Waals surface area contributed by atoms with E-state index in [1.165, 1.54) is 35.2 Å². The molecule has 0 bridgehead atoms. The lowest BCUT2D eigenvalue weighted by Crippen LogP contribution is -2.44. The zero-order valence-electron chi connectivity index (χ0n) is 18.2. The van der Waals surface area contributed by atoms with Crippen LogP contribution in [-0.4, -0.2) is 44.3 Å². The molecule has 172 valence electrons. The monoisotopic (exact) mass is 451 g/mol. The third-order valence-corrected chi connectivity index (χ3v) is 4.98. The van der Waals surface area contributed by atoms with Crippen molar-refractivity contribution in [2.45, 2.75) is 13.1 Å². The number of hydrogen-bond donors (Lipinski definition) is 1. The minimum atomic E-state index is -0.520. The van der Waals surface area contributed by atoms with Crippen LogP contribution in [-0.2, 0) is 24.9 Å². The molecule has 0 aliphatic carbocycles. The topological polar surface area (TPSA) is 114 Å². The van der Waals surface area contributed by atoms with Gasteiger partial charge >= 0.3 is 6.03 Å². The highest BCUT2D eigenvalue weighted by molar-refractivity contribution is 5.92. The summed E-state index contributed by atoms with van der Waals surface area (Å²) in [5.41, 5.74) is 1.23. The fraction of sp³-hybridized carbons (Fsp3) is 0.217. The number of amides is 3. The number of nitro benzene ring substituents is 1. The molecule has 0 spiro atoms. The van der Waals surface area contributed by atoms with E-state index in [1.54, 1.807) is 23.3 Å². The molecule has 0 atom stereocenters. The van der Waals surface area contributed by atoms with Gasteiger partial charge in [-0.25, -0.2) is 4.79 Å². The molecule has 0 saturated heterocycles. The lowest BCUT2D eigenvalue weighted by Gasteiger charge is -2.27. The maximum absolute atomic E-state index is 13.2. The van der Waals surface area contributed by atoms with Crippen molar-refractivity contribution in [3.63, 3.8) is 0 Å². The molecule has 10 heteroatoms. The SMILES string of the molecule is C=CCN(CC(=O)N(Cc1ccco1)Cc1cccn1C)C(=O)Nc1ccc([N+](=O)[O-])cc1. The highest BCUT2D eigenvalue weighted by atomic mass is 16.6. The second-order valence-electron chi connectivity index (χ2n) is 7.34. The maximum atomic E-state index is 13.2. The summed E-state index contributed by atoms with van der Waals surface area (Å²) < 4.78 is 7.33. The smallest absolute Gasteiger partial charge is 0.322 e. The van der Waals surface area contributed by atoms with Gasteiger partial charge in [-0.1, -0.05) is 6.08 Å². The highest BCUT2D eigenvalue weighted by Crippen LogP contribution is 2.16. The first-order valence-corrected chi connectivity index (χ1v) is 10.2. The summed E-state index contributed by atoms with van der Waals surface area (Å²) in [6.45, 7) is 4.22. The van der Waals surface area contributed by atoms with Crippen molar-refractivity contribution in [3.8, 4) is 0 Å². The molecule has 3 amide bonds. The molecule has 0 aliphatic heterocycles. The number of nitro groups is 1. The number of carbonyl (C=O) groups is 2. The normalized spacial score (nSPS) is 10.5. The molecule has 0 fully saturated rings. The van der Waals surface area contributed by atoms with Crippen LogP contribution in [0.15, 0.2) is 78.1 Å². The van der Waals surface area contributed by atoms with Crippen LogP contribution in [0.3, 0.4) is 0 Å². The summed E-state index contributed by atoms with van der Waals surface area (Å²) in [5.74, 6) is 0.358. The molecule has 3 aromatic rings. The highest BCUT2D eigenvalue weighted by Gasteiger charge is 2.22. The van der Waals surface area contributed by atoms with Gasteiger partial charge in [0.2, 0.25) is 5.91 Å². The number of aromatic nitrogens is 1. The number of aryl methyl sites for hydroxylation is 1. The van der Waals surface area contributed by atoms with E-state index in [9.17, 15) is 19.7 Å². The number of furan rings is 1. The van der Waals surface area contributed by atoms with E-state index < -0.39 is 11.0 Å². The van der Waals surface area contributed by atoms with E-state index in [2.05, 4.69) is 11.9 Å². The number of urea groups is 1. The van der Waals surface area contributed by atoms with Crippen LogP contribution in [0.5, 0.6) is 0 Å². The van der Waals surface area contributed by atoms with Crippen molar-refractivity contribution in [2.75, 3.05) is 18.4 Å². The molecule has 1 N–H and O–H groups in total. The first kappa shape index (κ1) is 23.3. The molecule has 3 rings (SSSR count). The molecule has 0 unspecified atom stereocenters. The van der Waals surface area contributed by atoms with E-state index >= 15 is 0 Å². The average molecular weight is 451 g/mol. The predicted molar refractivity (Wildman–Crippen MR) is 122 cm³/mol. The summed E-state index contributed by atoms with van der Waals surface area (Å²) in [6.07, 6.45) is 4.96. The number of carbonyl (C=O) groups excluding carboxylic acids is 2. The molecule has 10 nitrogen and oxygen atoms in total. The van der Waals surface area contributed by atoms with Gasteiger partial charge in [-0.2, -0.15) is 0 Å². The number of nitrogens with one attached hydrogen (secondary N) is 1. The Morgan fingerprint density at radius 3 is 2.48 bits per heavy atom. The summed E-state index contributed by atoms with van der Waals surface area (Å²) in [6, 6.07) is 12.3. The summed E-state index contributed by atoms with van der Waals surface area (Å²) >= 11 is 0. The Bertz CT molecular complexity index is 1100. The molecular formula is C23H25N5O5. The first-order valence-electron chi connectivity index (χ1n) is 10.2. The predicted octanol–water partition coefficient (Wildman–Crippen LogP) is 3.78. The maximum Gasteiger partial charge on any atom is 0.322 e. The summed E-state index contributed by atoms with van der Waals surface area (Å²) in [5, 5.41) is 13.5. The number of benzene rings is 1. The van der Waals surface area contributed by atoms with Crippen LogP contribution in [0.4, 0.5) is 16.2 Å². The van der Waals surface area contributed by atoms with Crippen LogP contribution in [0.25, 0.3) is 0 Å². The quantitative estimate of drug-likeness (QED) is 0.286. The van der Waals surface area contributed by atoms with Gasteiger partial charge in [0.05, 0.1) is 24.3 Å². The molecule has 33 heavy (non-hydrogen) atoms. The molecule has 1 aromatic carbocycles. The first-order chi connectivity index (χ1) is 15.9. The number of anilines is 1. The summed E-state index contributed by atoms with van der Waals surface area (Å²) in [4.78, 5) is 39.2. The van der Waals surface area contributed by atoms with Crippen molar-refractivity contribution in [3.05, 3.63) is 95.2 Å². The van der Waals surface area contributed by atoms with Gasteiger partial charge in [-0.15, -0.1) is 6.58 Å². The van der Waals surface area contributed by atoms with E-state index in [4.69, 9.17) is 4.42 Å². The molecule has 2 heterocycles. The lowest BCUT2D eigenvalue weighted by atomic mass is 10.3. The van der Waals surface area contributed by atoms with E-state index in [-0.39, 0.29) is 31.2 Å². The average Bonchev–Trinajstić information content (AvgIpc) is 3.45. The lowest BCUT2D eigenvalue weighted by molar-refractivity contribution is -0.384. The Hall–Kier alpha value is -4.34. The third kappa shape index (κ3) is 6.33. The number of rotatable bonds is 10. The Kier molecular flexibility index (Phi) is 7.64. The van der Waals surface area contributed by atoms with Gasteiger partial charge in [0, 0.05) is 43.3 Å². The van der Waals surface area contributed by atoms with Crippen molar-refractivity contribution < 1.29 is 18.9 Å². The fourth-order valence-electron chi connectivity index (χ4n) is 3.19. The Morgan fingerprint density at radius 1 is 1.15 bits per heavy atom. The minimum Gasteiger partial charge on any atom is -0.467 e. The molecule has 2 aromatic heterocycles. The van der Waals surface area contributed by atoms with Crippen LogP contribution < -0.4 is 5.32 Å². The zero-order valence-corrected chi connectivity index (χ0v) is 18.2. The number of nitrogens with zero attached hydrogens (tertiary/aromatic N) is 4. The van der Waals surface area contributed by atoms with Crippen LogP contribution in [0, 0.1) is 10.1 Å². The van der Waals surface area contributed by atoms with Crippen LogP contribution in [0.1, 0.15) is 11.5 Å². The Labute approximate surface area is 190 Å². The second kappa shape index (κ2) is 10.8. The second-order valence-corrected chi connectivity index (χ2v) is 7.34. The van der Waals surface area contributed by atoms with Gasteiger partial charge in [0.25, 0.3) is 5.69 Å². The van der Waals surface area contributed by atoms with E-state index in [0.29, 0.717) is 18.0 Å². The number of hydrogen-bond acceptors (Lipinski definition) is 5. The third-order valence-electron chi connectivity index (χ3n) is 4.98. The van der Waals surface area contributed by atoms with Crippen molar-refractivity contribution in [1.82, 2.24) is 14.4 Å². The van der Waals surface area contributed by atoms with Crippen molar-refractivity contribution >= 4 is 23.3 Å². The van der Waals surface area contributed by atoms with Gasteiger partial charge in [-0.3, -0.25) is 14.9 Å². The molecule has 0 radical (unpaired) electrons. The largest absolute Gasteiger partial charge is 0.467 e. The Morgan fingerprint density at radius 2 is 1.91 bits per heavy atom. The van der Waals surface area contributed by atoms with Gasteiger partial charge in [-0.05, 0) is 36.4 Å². The van der Waals surface area contributed by atoms with Gasteiger partial charge in [0.1, 0.15) is 12.3 Å². The minimum absolute atomic E-state index is 0.0830. The van der Waals surface area contributed by atoms with Crippen LogP contribution >= 0.6 is 0 Å². The van der Waals surface area contributed by atoms with Crippen molar-refractivity contribution in [1.29, 1.82) is 0 Å². The Balaban J connectivity index is 1.72. The van der Waals surface area contributed by atoms with Gasteiger partial charge in [0.15, 0.2) is 0 Å².